The molecule has 3 rings (SSSR count). The smallest absolute Gasteiger partial charge is 0.352 e. The summed E-state index contributed by atoms with van der Waals surface area (Å²) in [4.78, 5) is 12.1. The molecule has 0 unspecified atom stereocenters. The standard InChI is InChI=1S/C14H10ClNO2S/c1-16-10(5-6-11(16)14(17)18)13-7-8-9(15)3-2-4-12(8)19-13/h2-7H,1H3,(H,17,18). The Bertz CT molecular complexity index is 788. The Balaban J connectivity index is 2.20. The highest BCUT2D eigenvalue weighted by atomic mass is 35.5. The molecule has 96 valence electrons. The van der Waals surface area contributed by atoms with Crippen LogP contribution in [0.1, 0.15) is 10.5 Å². The molecule has 1 N–H and O–H groups in total. The molecule has 0 fully saturated rings. The van der Waals surface area contributed by atoms with E-state index in [-0.39, 0.29) is 5.69 Å². The van der Waals surface area contributed by atoms with Crippen LogP contribution in [-0.4, -0.2) is 15.6 Å². The van der Waals surface area contributed by atoms with E-state index in [1.807, 2.05) is 30.3 Å². The average molecular weight is 292 g/mol. The van der Waals surface area contributed by atoms with Crippen LogP contribution in [0.25, 0.3) is 20.7 Å². The number of halogens is 1. The van der Waals surface area contributed by atoms with E-state index in [1.165, 1.54) is 0 Å². The first-order chi connectivity index (χ1) is 9.08. The topological polar surface area (TPSA) is 42.2 Å². The van der Waals surface area contributed by atoms with Crippen LogP contribution >= 0.6 is 22.9 Å². The highest BCUT2D eigenvalue weighted by Gasteiger charge is 2.14. The number of carbonyl (C=O) groups is 1. The van der Waals surface area contributed by atoms with Crippen LogP contribution in [0.2, 0.25) is 5.02 Å². The number of aromatic carboxylic acids is 1. The quantitative estimate of drug-likeness (QED) is 0.766. The number of fused-ring (bicyclic) bond motifs is 1. The summed E-state index contributed by atoms with van der Waals surface area (Å²) in [6, 6.07) is 11.2. The second kappa shape index (κ2) is 4.40. The number of hydrogen-bond donors (Lipinski definition) is 1. The normalized spacial score (nSPS) is 11.1. The van der Waals surface area contributed by atoms with Crippen LogP contribution in [0, 0.1) is 0 Å². The Morgan fingerprint density at radius 2 is 2.11 bits per heavy atom. The van der Waals surface area contributed by atoms with Gasteiger partial charge in [0.05, 0.1) is 10.6 Å². The lowest BCUT2D eigenvalue weighted by Gasteiger charge is -2.02. The Hall–Kier alpha value is -1.78. The van der Waals surface area contributed by atoms with Crippen molar-refractivity contribution >= 4 is 39.0 Å². The number of hydrogen-bond acceptors (Lipinski definition) is 2. The summed E-state index contributed by atoms with van der Waals surface area (Å²) in [5.41, 5.74) is 1.16. The SMILES string of the molecule is Cn1c(C(=O)O)ccc1-c1cc2c(Cl)cccc2s1. The molecule has 19 heavy (non-hydrogen) atoms. The molecule has 5 heteroatoms. The lowest BCUT2D eigenvalue weighted by atomic mass is 10.2. The minimum atomic E-state index is -0.923. The first-order valence-corrected chi connectivity index (χ1v) is 6.85. The van der Waals surface area contributed by atoms with Crippen molar-refractivity contribution in [3.63, 3.8) is 0 Å². The zero-order chi connectivity index (χ0) is 13.6. The van der Waals surface area contributed by atoms with E-state index >= 15 is 0 Å². The summed E-state index contributed by atoms with van der Waals surface area (Å²) in [5.74, 6) is -0.923. The van der Waals surface area contributed by atoms with E-state index in [1.54, 1.807) is 29.0 Å². The van der Waals surface area contributed by atoms with Gasteiger partial charge < -0.3 is 9.67 Å². The summed E-state index contributed by atoms with van der Waals surface area (Å²) in [6.07, 6.45) is 0. The van der Waals surface area contributed by atoms with Crippen LogP contribution in [0.15, 0.2) is 36.4 Å². The number of carboxylic acid groups (broad SMARTS) is 1. The Kier molecular flexibility index (Phi) is 2.84. The van der Waals surface area contributed by atoms with Gasteiger partial charge in [-0.05, 0) is 30.3 Å². The molecule has 0 amide bonds. The van der Waals surface area contributed by atoms with E-state index in [4.69, 9.17) is 16.7 Å². The number of carboxylic acids is 1. The number of benzene rings is 1. The van der Waals surface area contributed by atoms with Crippen LogP contribution in [0.4, 0.5) is 0 Å². The molecule has 0 aliphatic heterocycles. The maximum atomic E-state index is 11.1. The van der Waals surface area contributed by atoms with Gasteiger partial charge in [-0.1, -0.05) is 17.7 Å². The molecular weight excluding hydrogens is 282 g/mol. The van der Waals surface area contributed by atoms with Crippen LogP contribution < -0.4 is 0 Å². The molecule has 0 radical (unpaired) electrons. The van der Waals surface area contributed by atoms with E-state index in [9.17, 15) is 4.79 Å². The summed E-state index contributed by atoms with van der Waals surface area (Å²) in [7, 11) is 1.75. The van der Waals surface area contributed by atoms with Crippen molar-refractivity contribution in [2.45, 2.75) is 0 Å². The van der Waals surface area contributed by atoms with E-state index in [0.717, 1.165) is 20.7 Å². The summed E-state index contributed by atoms with van der Waals surface area (Å²) >= 11 is 7.76. The van der Waals surface area contributed by atoms with Gasteiger partial charge in [-0.2, -0.15) is 0 Å². The van der Waals surface area contributed by atoms with Crippen molar-refractivity contribution in [3.05, 3.63) is 47.1 Å². The van der Waals surface area contributed by atoms with Crippen LogP contribution in [0.5, 0.6) is 0 Å². The largest absolute Gasteiger partial charge is 0.477 e. The van der Waals surface area contributed by atoms with Gasteiger partial charge in [-0.3, -0.25) is 0 Å². The van der Waals surface area contributed by atoms with E-state index in [0.29, 0.717) is 5.02 Å². The minimum absolute atomic E-state index is 0.276. The van der Waals surface area contributed by atoms with Gasteiger partial charge in [0, 0.05) is 22.2 Å². The second-order valence-corrected chi connectivity index (χ2v) is 5.72. The van der Waals surface area contributed by atoms with Gasteiger partial charge in [0.25, 0.3) is 0 Å². The molecule has 0 aliphatic rings. The predicted molar refractivity (Wildman–Crippen MR) is 78.2 cm³/mol. The average Bonchev–Trinajstić information content (AvgIpc) is 2.93. The van der Waals surface area contributed by atoms with E-state index < -0.39 is 5.97 Å². The van der Waals surface area contributed by atoms with Crippen LogP contribution in [-0.2, 0) is 7.05 Å². The Morgan fingerprint density at radius 1 is 1.32 bits per heavy atom. The van der Waals surface area contributed by atoms with Crippen molar-refractivity contribution < 1.29 is 9.90 Å². The first kappa shape index (κ1) is 12.3. The molecule has 0 saturated heterocycles. The minimum Gasteiger partial charge on any atom is -0.477 e. The van der Waals surface area contributed by atoms with Gasteiger partial charge in [0.2, 0.25) is 0 Å². The van der Waals surface area contributed by atoms with Crippen molar-refractivity contribution in [2.75, 3.05) is 0 Å². The predicted octanol–water partition coefficient (Wildman–Crippen LogP) is 4.26. The van der Waals surface area contributed by atoms with Crippen molar-refractivity contribution in [2.24, 2.45) is 7.05 Å². The zero-order valence-electron chi connectivity index (χ0n) is 10.1. The molecule has 2 aromatic heterocycles. The molecule has 0 bridgehead atoms. The molecule has 0 atom stereocenters. The summed E-state index contributed by atoms with van der Waals surface area (Å²) < 4.78 is 2.78. The number of nitrogens with zero attached hydrogens (tertiary/aromatic N) is 1. The van der Waals surface area contributed by atoms with E-state index in [2.05, 4.69) is 0 Å². The molecule has 0 saturated carbocycles. The number of aromatic nitrogens is 1. The lowest BCUT2D eigenvalue weighted by molar-refractivity contribution is 0.0687. The lowest BCUT2D eigenvalue weighted by Crippen LogP contribution is -2.04. The number of thiophene rings is 1. The monoisotopic (exact) mass is 291 g/mol. The van der Waals surface area contributed by atoms with Crippen molar-refractivity contribution in [1.82, 2.24) is 4.57 Å². The molecule has 1 aromatic carbocycles. The summed E-state index contributed by atoms with van der Waals surface area (Å²) in [5, 5.41) is 10.8. The highest BCUT2D eigenvalue weighted by molar-refractivity contribution is 7.22. The molecular formula is C14H10ClNO2S. The summed E-state index contributed by atoms with van der Waals surface area (Å²) in [6.45, 7) is 0. The van der Waals surface area contributed by atoms with Crippen molar-refractivity contribution in [3.8, 4) is 10.6 Å². The third kappa shape index (κ3) is 1.93. The molecule has 0 spiro atoms. The van der Waals surface area contributed by atoms with Gasteiger partial charge in [-0.15, -0.1) is 11.3 Å². The van der Waals surface area contributed by atoms with Gasteiger partial charge in [0.15, 0.2) is 0 Å². The first-order valence-electron chi connectivity index (χ1n) is 5.65. The fourth-order valence-corrected chi connectivity index (χ4v) is 3.56. The van der Waals surface area contributed by atoms with Crippen LogP contribution in [0.3, 0.4) is 0 Å². The van der Waals surface area contributed by atoms with Gasteiger partial charge in [0.1, 0.15) is 5.69 Å². The van der Waals surface area contributed by atoms with Crippen molar-refractivity contribution in [1.29, 1.82) is 0 Å². The van der Waals surface area contributed by atoms with Gasteiger partial charge in [-0.25, -0.2) is 4.79 Å². The molecule has 0 aliphatic carbocycles. The zero-order valence-corrected chi connectivity index (χ0v) is 11.6. The number of rotatable bonds is 2. The Morgan fingerprint density at radius 3 is 2.74 bits per heavy atom. The maximum Gasteiger partial charge on any atom is 0.352 e. The second-order valence-electron chi connectivity index (χ2n) is 4.23. The highest BCUT2D eigenvalue weighted by Crippen LogP contribution is 2.37. The third-order valence-electron chi connectivity index (χ3n) is 3.10. The third-order valence-corrected chi connectivity index (χ3v) is 4.55. The maximum absolute atomic E-state index is 11.1. The molecule has 3 nitrogen and oxygen atoms in total. The fraction of sp³-hybridized carbons (Fsp3) is 0.0714. The fourth-order valence-electron chi connectivity index (χ4n) is 2.12. The Labute approximate surface area is 118 Å². The van der Waals surface area contributed by atoms with Gasteiger partial charge >= 0.3 is 5.97 Å². The molecule has 2 heterocycles. The molecule has 3 aromatic rings.